The first-order valence-corrected chi connectivity index (χ1v) is 5.45. The molecule has 0 atom stereocenters. The summed E-state index contributed by atoms with van der Waals surface area (Å²) in [6, 6.07) is 0. The highest BCUT2D eigenvalue weighted by Gasteiger charge is 2.45. The van der Waals surface area contributed by atoms with Gasteiger partial charge in [-0.25, -0.2) is 4.79 Å². The van der Waals surface area contributed by atoms with Crippen molar-refractivity contribution >= 4 is 0 Å². The molecule has 2 N–H and O–H groups in total. The molecule has 1 aromatic rings. The number of ether oxygens (including phenoxy) is 3. The third-order valence-electron chi connectivity index (χ3n) is 1.91. The van der Waals surface area contributed by atoms with Crippen LogP contribution in [0, 0.1) is 0 Å². The van der Waals surface area contributed by atoms with Gasteiger partial charge in [-0.1, -0.05) is 5.21 Å². The smallest absolute Gasteiger partial charge is 0.331 e. The number of nitrogens with one attached hydrogen (secondary N) is 1. The van der Waals surface area contributed by atoms with Crippen LogP contribution in [0.15, 0.2) is 11.0 Å². The minimum absolute atomic E-state index is 0.275. The van der Waals surface area contributed by atoms with E-state index in [1.165, 1.54) is 0 Å². The standard InChI is InChI=1S/C9H17N3O5/c1-4-15-9(16-5-2,17-6-3)12-8(13)7-11(14)10-12/h7H,4-6H2,1-3H3,(H-,10,13,14)/p+1. The largest absolute Gasteiger partial charge is 0.478 e. The van der Waals surface area contributed by atoms with Gasteiger partial charge in [-0.3, -0.25) is 14.2 Å². The molecule has 17 heavy (non-hydrogen) atoms. The maximum Gasteiger partial charge on any atom is 0.478 e. The van der Waals surface area contributed by atoms with E-state index in [1.54, 1.807) is 20.8 Å². The minimum Gasteiger partial charge on any atom is -0.331 e. The van der Waals surface area contributed by atoms with Crippen LogP contribution in [0.1, 0.15) is 20.8 Å². The Morgan fingerprint density at radius 2 is 1.76 bits per heavy atom. The van der Waals surface area contributed by atoms with Gasteiger partial charge in [0.15, 0.2) is 0 Å². The van der Waals surface area contributed by atoms with E-state index in [-0.39, 0.29) is 19.8 Å². The number of hydrogen-bond donors (Lipinski definition) is 2. The van der Waals surface area contributed by atoms with Crippen LogP contribution in [0.25, 0.3) is 0 Å². The summed E-state index contributed by atoms with van der Waals surface area (Å²) < 4.78 is 17.0. The summed E-state index contributed by atoms with van der Waals surface area (Å²) in [5.74, 6) is 0. The van der Waals surface area contributed by atoms with Gasteiger partial charge in [0.2, 0.25) is 0 Å². The molecule has 1 rings (SSSR count). The zero-order valence-electron chi connectivity index (χ0n) is 10.2. The summed E-state index contributed by atoms with van der Waals surface area (Å²) in [4.78, 5) is 12.1. The first-order chi connectivity index (χ1) is 8.09. The van der Waals surface area contributed by atoms with Crippen LogP contribution >= 0.6 is 0 Å². The molecule has 98 valence electrons. The fraction of sp³-hybridized carbons (Fsp3) is 0.778. The van der Waals surface area contributed by atoms with E-state index >= 15 is 0 Å². The monoisotopic (exact) mass is 248 g/mol. The Morgan fingerprint density at radius 1 is 1.29 bits per heavy atom. The number of rotatable bonds is 7. The number of H-pyrrole nitrogens is 1. The fourth-order valence-electron chi connectivity index (χ4n) is 1.40. The summed E-state index contributed by atoms with van der Waals surface area (Å²) in [6.07, 6.45) is -0.741. The maximum atomic E-state index is 11.6. The number of aromatic amines is 1. The number of nitrogens with zero attached hydrogens (tertiary/aromatic N) is 2. The lowest BCUT2D eigenvalue weighted by Crippen LogP contribution is -2.48. The molecule has 0 saturated carbocycles. The van der Waals surface area contributed by atoms with Crippen LogP contribution in [0.4, 0.5) is 0 Å². The van der Waals surface area contributed by atoms with E-state index in [2.05, 4.69) is 5.21 Å². The van der Waals surface area contributed by atoms with E-state index in [0.29, 0.717) is 4.85 Å². The van der Waals surface area contributed by atoms with Gasteiger partial charge in [0.05, 0.1) is 19.8 Å². The molecule has 0 fully saturated rings. The molecule has 1 aromatic heterocycles. The first kappa shape index (κ1) is 13.7. The molecule has 8 heteroatoms. The van der Waals surface area contributed by atoms with Crippen molar-refractivity contribution in [1.29, 1.82) is 0 Å². The van der Waals surface area contributed by atoms with Gasteiger partial charge in [0, 0.05) is 4.85 Å². The molecular weight excluding hydrogens is 230 g/mol. The van der Waals surface area contributed by atoms with Crippen molar-refractivity contribution in [2.45, 2.75) is 26.9 Å². The van der Waals surface area contributed by atoms with Gasteiger partial charge in [0.25, 0.3) is 6.20 Å². The van der Waals surface area contributed by atoms with Crippen LogP contribution < -0.4 is 10.4 Å². The number of hydrogen-bond acceptors (Lipinski definition) is 5. The number of aromatic nitrogens is 3. The van der Waals surface area contributed by atoms with Gasteiger partial charge in [-0.2, -0.15) is 0 Å². The molecule has 0 aromatic carbocycles. The maximum absolute atomic E-state index is 11.6. The summed E-state index contributed by atoms with van der Waals surface area (Å²) >= 11 is 0. The predicted octanol–water partition coefficient (Wildman–Crippen LogP) is -0.621. The predicted molar refractivity (Wildman–Crippen MR) is 55.3 cm³/mol. The van der Waals surface area contributed by atoms with Crippen LogP contribution in [-0.4, -0.2) is 34.9 Å². The molecule has 0 aliphatic carbocycles. The summed E-state index contributed by atoms with van der Waals surface area (Å²) in [5, 5.41) is 11.5. The van der Waals surface area contributed by atoms with Gasteiger partial charge >= 0.3 is 11.7 Å². The molecule has 0 unspecified atom stereocenters. The van der Waals surface area contributed by atoms with E-state index in [1.807, 2.05) is 0 Å². The van der Waals surface area contributed by atoms with E-state index in [9.17, 15) is 10.0 Å². The Balaban J connectivity index is 3.18. The lowest BCUT2D eigenvalue weighted by atomic mass is 10.7. The molecule has 0 amide bonds. The average Bonchev–Trinajstić information content (AvgIpc) is 2.59. The molecule has 8 nitrogen and oxygen atoms in total. The Labute approximate surface area is 98.2 Å². The van der Waals surface area contributed by atoms with Crippen LogP contribution in [0.2, 0.25) is 0 Å². The third-order valence-corrected chi connectivity index (χ3v) is 1.91. The highest BCUT2D eigenvalue weighted by molar-refractivity contribution is 4.66. The Bertz CT molecular complexity index is 383. The minimum atomic E-state index is -1.68. The summed E-state index contributed by atoms with van der Waals surface area (Å²) in [7, 11) is 0. The van der Waals surface area contributed by atoms with Crippen molar-refractivity contribution in [2.75, 3.05) is 19.8 Å². The lowest BCUT2D eigenvalue weighted by Gasteiger charge is -2.25. The SMILES string of the molecule is CCOC(OCC)(OCC)n1[nH][n+](O)cc1=O. The van der Waals surface area contributed by atoms with Crippen molar-refractivity contribution < 1.29 is 24.3 Å². The second-order valence-corrected chi connectivity index (χ2v) is 3.07. The molecule has 0 saturated heterocycles. The topological polar surface area (TPSA) is 89.6 Å². The van der Waals surface area contributed by atoms with Crippen molar-refractivity contribution in [3.8, 4) is 0 Å². The Hall–Kier alpha value is -1.38. The van der Waals surface area contributed by atoms with Gasteiger partial charge in [0.1, 0.15) is 0 Å². The van der Waals surface area contributed by atoms with Crippen molar-refractivity contribution in [3.05, 3.63) is 16.6 Å². The normalized spacial score (nSPS) is 11.9. The molecule has 0 aliphatic rings. The van der Waals surface area contributed by atoms with Crippen molar-refractivity contribution in [3.63, 3.8) is 0 Å². The summed E-state index contributed by atoms with van der Waals surface area (Å²) in [5.41, 5.74) is -0.539. The fourth-order valence-corrected chi connectivity index (χ4v) is 1.40. The Morgan fingerprint density at radius 3 is 2.06 bits per heavy atom. The Kier molecular flexibility index (Phi) is 4.67. The highest BCUT2D eigenvalue weighted by Crippen LogP contribution is 2.18. The molecule has 0 aliphatic heterocycles. The van der Waals surface area contributed by atoms with Crippen molar-refractivity contribution in [2.24, 2.45) is 0 Å². The summed E-state index contributed by atoms with van der Waals surface area (Å²) in [6.45, 7) is 6.06. The van der Waals surface area contributed by atoms with Gasteiger partial charge < -0.3 is 5.21 Å². The molecule has 0 bridgehead atoms. The molecular formula is C9H18N3O5+. The first-order valence-electron chi connectivity index (χ1n) is 5.45. The van der Waals surface area contributed by atoms with Crippen molar-refractivity contribution in [1.82, 2.24) is 9.90 Å². The van der Waals surface area contributed by atoms with Gasteiger partial charge in [-0.15, -0.1) is 0 Å². The second kappa shape index (κ2) is 5.80. The highest BCUT2D eigenvalue weighted by atomic mass is 16.9. The molecule has 0 radical (unpaired) electrons. The lowest BCUT2D eigenvalue weighted by molar-refractivity contribution is -0.950. The van der Waals surface area contributed by atoms with Gasteiger partial charge in [-0.05, 0) is 25.5 Å². The van der Waals surface area contributed by atoms with E-state index in [4.69, 9.17) is 14.2 Å². The van der Waals surface area contributed by atoms with E-state index < -0.39 is 11.7 Å². The van der Waals surface area contributed by atoms with Crippen LogP contribution in [0.3, 0.4) is 0 Å². The molecule has 1 heterocycles. The average molecular weight is 248 g/mol. The van der Waals surface area contributed by atoms with Crippen LogP contribution in [0.5, 0.6) is 0 Å². The quantitative estimate of drug-likeness (QED) is 0.381. The zero-order valence-corrected chi connectivity index (χ0v) is 10.2. The van der Waals surface area contributed by atoms with Crippen LogP contribution in [-0.2, 0) is 20.3 Å². The van der Waals surface area contributed by atoms with E-state index in [0.717, 1.165) is 10.9 Å². The third kappa shape index (κ3) is 2.84. The second-order valence-electron chi connectivity index (χ2n) is 3.07. The zero-order chi connectivity index (χ0) is 12.9. The molecule has 0 spiro atoms.